The first-order chi connectivity index (χ1) is 10.9. The largest absolute Gasteiger partial charge is 0.345 e. The Morgan fingerprint density at radius 1 is 1.30 bits per heavy atom. The summed E-state index contributed by atoms with van der Waals surface area (Å²) in [7, 11) is 0. The molecule has 0 radical (unpaired) electrons. The summed E-state index contributed by atoms with van der Waals surface area (Å²) in [6, 6.07) is 1.53. The van der Waals surface area contributed by atoms with Crippen LogP contribution >= 0.6 is 62.1 Å². The van der Waals surface area contributed by atoms with Gasteiger partial charge in [0, 0.05) is 5.56 Å². The fourth-order valence-corrected chi connectivity index (χ4v) is 4.45. The van der Waals surface area contributed by atoms with E-state index in [9.17, 15) is 8.78 Å². The van der Waals surface area contributed by atoms with Crippen LogP contribution in [0.2, 0.25) is 15.1 Å². The summed E-state index contributed by atoms with van der Waals surface area (Å²) in [5, 5.41) is 7.52. The normalized spacial score (nSPS) is 11.8. The first kappa shape index (κ1) is 17.3. The fourth-order valence-electron chi connectivity index (χ4n) is 1.98. The lowest BCUT2D eigenvalue weighted by molar-refractivity contribution is -0.137. The molecule has 11 heteroatoms. The Hall–Kier alpha value is -0.510. The number of alkyl halides is 2. The zero-order valence-corrected chi connectivity index (χ0v) is 15.5. The number of hydrogen-bond donors (Lipinski definition) is 1. The van der Waals surface area contributed by atoms with Crippen molar-refractivity contribution in [3.63, 3.8) is 0 Å². The van der Waals surface area contributed by atoms with Gasteiger partial charge in [0.05, 0.1) is 32.1 Å². The standard InChI is InChI=1S/C12H5BrCl3F2N3OS/c13-11-19-8-4(15)1-3(14)6(10(8)23-11)9-7(16)5(20-21-9)2-22-12(17)18/h1,12H,2H2,(H,20,21). The average molecular weight is 464 g/mol. The molecule has 0 aliphatic carbocycles. The second-order valence-corrected chi connectivity index (χ2v) is 7.76. The molecular formula is C12H5BrCl3F2N3OS. The molecule has 4 nitrogen and oxygen atoms in total. The highest BCUT2D eigenvalue weighted by Gasteiger charge is 2.22. The summed E-state index contributed by atoms with van der Waals surface area (Å²) < 4.78 is 29.8. The Labute approximate surface area is 155 Å². The number of halogens is 6. The molecule has 0 saturated heterocycles. The van der Waals surface area contributed by atoms with Gasteiger partial charge in [-0.15, -0.1) is 11.3 Å². The van der Waals surface area contributed by atoms with Gasteiger partial charge in [-0.2, -0.15) is 13.9 Å². The van der Waals surface area contributed by atoms with Crippen LogP contribution in [0.1, 0.15) is 5.69 Å². The molecule has 0 aliphatic rings. The van der Waals surface area contributed by atoms with Crippen molar-refractivity contribution in [2.45, 2.75) is 13.2 Å². The number of thiazole rings is 1. The number of benzene rings is 1. The molecule has 0 saturated carbocycles. The predicted molar refractivity (Wildman–Crippen MR) is 90.7 cm³/mol. The Morgan fingerprint density at radius 3 is 2.74 bits per heavy atom. The summed E-state index contributed by atoms with van der Waals surface area (Å²) in [6.45, 7) is -3.30. The zero-order valence-electron chi connectivity index (χ0n) is 10.8. The molecule has 0 unspecified atom stereocenters. The van der Waals surface area contributed by atoms with E-state index in [0.717, 1.165) is 0 Å². The summed E-state index contributed by atoms with van der Waals surface area (Å²) in [5.74, 6) is 0. The van der Waals surface area contributed by atoms with Gasteiger partial charge in [0.15, 0.2) is 3.92 Å². The van der Waals surface area contributed by atoms with E-state index in [2.05, 4.69) is 35.8 Å². The highest BCUT2D eigenvalue weighted by atomic mass is 79.9. The van der Waals surface area contributed by atoms with Crippen LogP contribution in [0.3, 0.4) is 0 Å². The summed E-state index contributed by atoms with van der Waals surface area (Å²) in [6.07, 6.45) is 0. The number of fused-ring (bicyclic) bond motifs is 1. The van der Waals surface area contributed by atoms with E-state index >= 15 is 0 Å². The molecule has 0 amide bonds. The topological polar surface area (TPSA) is 50.8 Å². The maximum absolute atomic E-state index is 12.2. The van der Waals surface area contributed by atoms with Crippen LogP contribution in [0, 0.1) is 0 Å². The van der Waals surface area contributed by atoms with Crippen molar-refractivity contribution in [2.75, 3.05) is 0 Å². The molecule has 1 N–H and O–H groups in total. The molecule has 2 aromatic heterocycles. The number of hydrogen-bond acceptors (Lipinski definition) is 4. The molecule has 1 aromatic carbocycles. The van der Waals surface area contributed by atoms with Crippen LogP contribution in [0.5, 0.6) is 0 Å². The van der Waals surface area contributed by atoms with E-state index in [1.807, 2.05) is 0 Å². The van der Waals surface area contributed by atoms with Crippen LogP contribution in [-0.2, 0) is 11.3 Å². The summed E-state index contributed by atoms with van der Waals surface area (Å²) >= 11 is 23.2. The third-order valence-corrected chi connectivity index (χ3v) is 5.43. The van der Waals surface area contributed by atoms with Crippen molar-refractivity contribution < 1.29 is 13.5 Å². The van der Waals surface area contributed by atoms with Gasteiger partial charge in [0.25, 0.3) is 0 Å². The van der Waals surface area contributed by atoms with E-state index < -0.39 is 13.2 Å². The highest BCUT2D eigenvalue weighted by molar-refractivity contribution is 9.11. The van der Waals surface area contributed by atoms with Crippen molar-refractivity contribution in [1.82, 2.24) is 15.2 Å². The van der Waals surface area contributed by atoms with Crippen LogP contribution in [0.25, 0.3) is 21.5 Å². The first-order valence-corrected chi connectivity index (χ1v) is 8.69. The van der Waals surface area contributed by atoms with Crippen molar-refractivity contribution in [1.29, 1.82) is 0 Å². The molecule has 0 aliphatic heterocycles. The first-order valence-electron chi connectivity index (χ1n) is 5.95. The van der Waals surface area contributed by atoms with Gasteiger partial charge in [0.1, 0.15) is 11.2 Å². The van der Waals surface area contributed by atoms with Crippen molar-refractivity contribution >= 4 is 72.3 Å². The molecule has 0 spiro atoms. The third kappa shape index (κ3) is 3.33. The minimum Gasteiger partial charge on any atom is -0.316 e. The Morgan fingerprint density at radius 2 is 2.04 bits per heavy atom. The van der Waals surface area contributed by atoms with Gasteiger partial charge in [0.2, 0.25) is 0 Å². The Bertz CT molecular complexity index is 886. The van der Waals surface area contributed by atoms with E-state index in [0.29, 0.717) is 35.4 Å². The van der Waals surface area contributed by atoms with Crippen LogP contribution < -0.4 is 0 Å². The predicted octanol–water partition coefficient (Wildman–Crippen LogP) is 6.15. The maximum Gasteiger partial charge on any atom is 0.345 e. The van der Waals surface area contributed by atoms with Crippen LogP contribution in [-0.4, -0.2) is 21.8 Å². The van der Waals surface area contributed by atoms with Gasteiger partial charge in [-0.25, -0.2) is 4.98 Å². The monoisotopic (exact) mass is 461 g/mol. The lowest BCUT2D eigenvalue weighted by atomic mass is 10.1. The molecule has 3 aromatic rings. The SMILES string of the molecule is FC(F)OCc1[nH]nc(-c2c(Cl)cc(Cl)c3nc(Br)sc23)c1Cl. The van der Waals surface area contributed by atoms with Crippen LogP contribution in [0.4, 0.5) is 8.78 Å². The van der Waals surface area contributed by atoms with Gasteiger partial charge in [-0.3, -0.25) is 5.10 Å². The molecule has 0 bridgehead atoms. The minimum atomic E-state index is -2.90. The van der Waals surface area contributed by atoms with Crippen molar-refractivity contribution in [3.05, 3.63) is 30.7 Å². The van der Waals surface area contributed by atoms with E-state index in [1.165, 1.54) is 17.4 Å². The number of ether oxygens (including phenoxy) is 1. The van der Waals surface area contributed by atoms with Gasteiger partial charge in [-0.05, 0) is 22.0 Å². The third-order valence-electron chi connectivity index (χ3n) is 2.91. The molecule has 0 atom stereocenters. The van der Waals surface area contributed by atoms with Crippen molar-refractivity contribution in [2.24, 2.45) is 0 Å². The molecule has 122 valence electrons. The highest BCUT2D eigenvalue weighted by Crippen LogP contribution is 2.44. The fraction of sp³-hybridized carbons (Fsp3) is 0.167. The minimum absolute atomic E-state index is 0.153. The van der Waals surface area contributed by atoms with Gasteiger partial charge >= 0.3 is 6.61 Å². The van der Waals surface area contributed by atoms with Gasteiger partial charge < -0.3 is 4.74 Å². The Balaban J connectivity index is 2.14. The Kier molecular flexibility index (Phi) is 5.10. The van der Waals surface area contributed by atoms with Crippen molar-refractivity contribution in [3.8, 4) is 11.3 Å². The number of nitrogens with zero attached hydrogens (tertiary/aromatic N) is 2. The summed E-state index contributed by atoms with van der Waals surface area (Å²) in [5.41, 5.74) is 1.62. The lowest BCUT2D eigenvalue weighted by Gasteiger charge is -2.05. The van der Waals surface area contributed by atoms with E-state index in [4.69, 9.17) is 34.8 Å². The quantitative estimate of drug-likeness (QED) is 0.505. The number of aromatic amines is 1. The van der Waals surface area contributed by atoms with Crippen LogP contribution in [0.15, 0.2) is 9.98 Å². The molecule has 23 heavy (non-hydrogen) atoms. The zero-order chi connectivity index (χ0) is 16.7. The maximum atomic E-state index is 12.2. The number of H-pyrrole nitrogens is 1. The number of nitrogens with one attached hydrogen (secondary N) is 1. The molecule has 2 heterocycles. The average Bonchev–Trinajstić information content (AvgIpc) is 3.01. The van der Waals surface area contributed by atoms with E-state index in [1.54, 1.807) is 0 Å². The molecule has 0 fully saturated rings. The molecule has 3 rings (SSSR count). The number of aromatic nitrogens is 3. The van der Waals surface area contributed by atoms with Gasteiger partial charge in [-0.1, -0.05) is 34.8 Å². The lowest BCUT2D eigenvalue weighted by Crippen LogP contribution is -1.99. The number of rotatable bonds is 4. The molecular weight excluding hydrogens is 458 g/mol. The second kappa shape index (κ2) is 6.78. The van der Waals surface area contributed by atoms with E-state index in [-0.39, 0.29) is 10.7 Å². The summed E-state index contributed by atoms with van der Waals surface area (Å²) in [4.78, 5) is 4.28. The smallest absolute Gasteiger partial charge is 0.316 e. The second-order valence-electron chi connectivity index (χ2n) is 4.30.